The van der Waals surface area contributed by atoms with E-state index in [0.29, 0.717) is 16.5 Å². The molecule has 2 heterocycles. The van der Waals surface area contributed by atoms with E-state index in [1.54, 1.807) is 32.0 Å². The maximum atomic E-state index is 12.7. The highest BCUT2D eigenvalue weighted by molar-refractivity contribution is 6.12. The van der Waals surface area contributed by atoms with Crippen LogP contribution < -0.4 is 5.32 Å². The summed E-state index contributed by atoms with van der Waals surface area (Å²) in [7, 11) is 0. The first-order valence-corrected chi connectivity index (χ1v) is 6.54. The number of hydrogen-bond donors (Lipinski definition) is 1. The molecule has 1 saturated heterocycles. The number of imide groups is 1. The molecule has 1 aromatic heterocycles. The van der Waals surface area contributed by atoms with Gasteiger partial charge < -0.3 is 9.32 Å². The number of nitrogens with one attached hydrogen (secondary N) is 1. The van der Waals surface area contributed by atoms with Gasteiger partial charge in [0, 0.05) is 5.39 Å². The topological polar surface area (TPSA) is 79.6 Å². The minimum atomic E-state index is -1.09. The fourth-order valence-corrected chi connectivity index (χ4v) is 2.40. The second-order valence-corrected chi connectivity index (χ2v) is 5.47. The van der Waals surface area contributed by atoms with Gasteiger partial charge in [-0.2, -0.15) is 0 Å². The van der Waals surface area contributed by atoms with Crippen molar-refractivity contribution in [1.82, 2.24) is 10.2 Å². The molecule has 21 heavy (non-hydrogen) atoms. The minimum Gasteiger partial charge on any atom is -0.463 e. The number of para-hydroxylation sites is 1. The van der Waals surface area contributed by atoms with Crippen LogP contribution in [0.2, 0.25) is 0 Å². The number of carbonyl (C=O) groups excluding carboxylic acids is 3. The number of furan rings is 1. The van der Waals surface area contributed by atoms with Crippen molar-refractivity contribution in [3.8, 4) is 0 Å². The SMILES string of the molecule is CC1(C)C(=O)NC(=O)CN1C(=O)c1coc2ccccc12. The molecule has 6 nitrogen and oxygen atoms in total. The van der Waals surface area contributed by atoms with Crippen molar-refractivity contribution in [2.24, 2.45) is 0 Å². The molecule has 1 aromatic carbocycles. The monoisotopic (exact) mass is 286 g/mol. The van der Waals surface area contributed by atoms with Crippen molar-refractivity contribution >= 4 is 28.7 Å². The lowest BCUT2D eigenvalue weighted by atomic mass is 9.97. The summed E-state index contributed by atoms with van der Waals surface area (Å²) in [5, 5.41) is 2.91. The van der Waals surface area contributed by atoms with Gasteiger partial charge in [0.25, 0.3) is 11.8 Å². The summed E-state index contributed by atoms with van der Waals surface area (Å²) in [5.74, 6) is -1.37. The molecule has 3 rings (SSSR count). The molecule has 0 bridgehead atoms. The van der Waals surface area contributed by atoms with E-state index in [9.17, 15) is 14.4 Å². The Hall–Kier alpha value is -2.63. The predicted molar refractivity (Wildman–Crippen MR) is 74.5 cm³/mol. The number of amides is 3. The van der Waals surface area contributed by atoms with Gasteiger partial charge in [-0.3, -0.25) is 19.7 Å². The largest absolute Gasteiger partial charge is 0.463 e. The first-order valence-electron chi connectivity index (χ1n) is 6.54. The van der Waals surface area contributed by atoms with Crippen LogP contribution in [0.3, 0.4) is 0 Å². The molecule has 1 aliphatic heterocycles. The summed E-state index contributed by atoms with van der Waals surface area (Å²) in [4.78, 5) is 37.5. The number of hydrogen-bond acceptors (Lipinski definition) is 4. The highest BCUT2D eigenvalue weighted by Crippen LogP contribution is 2.26. The van der Waals surface area contributed by atoms with Gasteiger partial charge in [0.05, 0.1) is 5.56 Å². The Balaban J connectivity index is 2.04. The maximum absolute atomic E-state index is 12.7. The van der Waals surface area contributed by atoms with E-state index < -0.39 is 23.3 Å². The first-order chi connectivity index (χ1) is 9.91. The van der Waals surface area contributed by atoms with Crippen molar-refractivity contribution in [1.29, 1.82) is 0 Å². The average molecular weight is 286 g/mol. The van der Waals surface area contributed by atoms with Crippen LogP contribution in [-0.2, 0) is 9.59 Å². The van der Waals surface area contributed by atoms with Crippen LogP contribution in [0.15, 0.2) is 34.9 Å². The molecule has 0 radical (unpaired) electrons. The van der Waals surface area contributed by atoms with Crippen LogP contribution in [0, 0.1) is 0 Å². The number of rotatable bonds is 1. The second-order valence-electron chi connectivity index (χ2n) is 5.47. The van der Waals surface area contributed by atoms with Crippen LogP contribution in [0.4, 0.5) is 0 Å². The summed E-state index contributed by atoms with van der Waals surface area (Å²) in [5.41, 5.74) is -0.156. The van der Waals surface area contributed by atoms with Gasteiger partial charge in [0.2, 0.25) is 5.91 Å². The number of fused-ring (bicyclic) bond motifs is 1. The molecule has 0 saturated carbocycles. The van der Waals surface area contributed by atoms with E-state index in [2.05, 4.69) is 5.32 Å². The van der Waals surface area contributed by atoms with Gasteiger partial charge in [-0.05, 0) is 19.9 Å². The van der Waals surface area contributed by atoms with Gasteiger partial charge >= 0.3 is 0 Å². The van der Waals surface area contributed by atoms with Gasteiger partial charge in [-0.25, -0.2) is 0 Å². The molecule has 3 amide bonds. The first kappa shape index (κ1) is 13.4. The normalized spacial score (nSPS) is 17.9. The molecule has 1 fully saturated rings. The molecule has 0 aliphatic carbocycles. The van der Waals surface area contributed by atoms with Gasteiger partial charge in [0.1, 0.15) is 23.9 Å². The van der Waals surface area contributed by atoms with Crippen molar-refractivity contribution in [2.75, 3.05) is 6.54 Å². The van der Waals surface area contributed by atoms with Crippen molar-refractivity contribution < 1.29 is 18.8 Å². The molecule has 108 valence electrons. The van der Waals surface area contributed by atoms with Crippen molar-refractivity contribution in [2.45, 2.75) is 19.4 Å². The van der Waals surface area contributed by atoms with E-state index in [0.717, 1.165) is 0 Å². The lowest BCUT2D eigenvalue weighted by Crippen LogP contribution is -2.65. The summed E-state index contributed by atoms with van der Waals surface area (Å²) in [6.07, 6.45) is 1.36. The second kappa shape index (κ2) is 4.44. The molecule has 2 aromatic rings. The van der Waals surface area contributed by atoms with Gasteiger partial charge in [-0.15, -0.1) is 0 Å². The lowest BCUT2D eigenvalue weighted by Gasteiger charge is -2.39. The third-order valence-corrected chi connectivity index (χ3v) is 3.74. The summed E-state index contributed by atoms with van der Waals surface area (Å²) in [6.45, 7) is 3.06. The fraction of sp³-hybridized carbons (Fsp3) is 0.267. The van der Waals surface area contributed by atoms with E-state index in [1.807, 2.05) is 6.07 Å². The average Bonchev–Trinajstić information content (AvgIpc) is 2.86. The Morgan fingerprint density at radius 1 is 1.29 bits per heavy atom. The molecule has 0 unspecified atom stereocenters. The standard InChI is InChI=1S/C15H14N2O4/c1-15(2)14(20)16-12(18)7-17(15)13(19)10-8-21-11-6-4-3-5-9(10)11/h3-6,8H,7H2,1-2H3,(H,16,18,20). The number of nitrogens with zero attached hydrogens (tertiary/aromatic N) is 1. The zero-order chi connectivity index (χ0) is 15.2. The third-order valence-electron chi connectivity index (χ3n) is 3.74. The Bertz CT molecular complexity index is 760. The Morgan fingerprint density at radius 2 is 2.00 bits per heavy atom. The lowest BCUT2D eigenvalue weighted by molar-refractivity contribution is -0.143. The van der Waals surface area contributed by atoms with Gasteiger partial charge in [-0.1, -0.05) is 18.2 Å². The Morgan fingerprint density at radius 3 is 2.76 bits per heavy atom. The minimum absolute atomic E-state index is 0.156. The van der Waals surface area contributed by atoms with E-state index in [-0.39, 0.29) is 6.54 Å². The number of piperazine rings is 1. The van der Waals surface area contributed by atoms with Crippen LogP contribution in [-0.4, -0.2) is 34.7 Å². The van der Waals surface area contributed by atoms with Crippen LogP contribution in [0.1, 0.15) is 24.2 Å². The Labute approximate surface area is 120 Å². The fourth-order valence-electron chi connectivity index (χ4n) is 2.40. The Kier molecular flexibility index (Phi) is 2.83. The zero-order valence-corrected chi connectivity index (χ0v) is 11.7. The molecule has 6 heteroatoms. The number of benzene rings is 1. The van der Waals surface area contributed by atoms with Crippen LogP contribution >= 0.6 is 0 Å². The molecular weight excluding hydrogens is 272 g/mol. The molecule has 0 spiro atoms. The number of carbonyl (C=O) groups is 3. The van der Waals surface area contributed by atoms with E-state index in [1.165, 1.54) is 11.2 Å². The smallest absolute Gasteiger partial charge is 0.259 e. The van der Waals surface area contributed by atoms with Crippen molar-refractivity contribution in [3.63, 3.8) is 0 Å². The van der Waals surface area contributed by atoms with Crippen molar-refractivity contribution in [3.05, 3.63) is 36.1 Å². The quantitative estimate of drug-likeness (QED) is 0.802. The highest BCUT2D eigenvalue weighted by atomic mass is 16.3. The summed E-state index contributed by atoms with van der Waals surface area (Å²) < 4.78 is 5.35. The summed E-state index contributed by atoms with van der Waals surface area (Å²) >= 11 is 0. The van der Waals surface area contributed by atoms with E-state index in [4.69, 9.17) is 4.42 Å². The molecule has 1 aliphatic rings. The van der Waals surface area contributed by atoms with Crippen LogP contribution in [0.5, 0.6) is 0 Å². The third kappa shape index (κ3) is 1.99. The molecular formula is C15H14N2O4. The van der Waals surface area contributed by atoms with E-state index >= 15 is 0 Å². The molecule has 1 N–H and O–H groups in total. The molecule has 0 atom stereocenters. The maximum Gasteiger partial charge on any atom is 0.259 e. The van der Waals surface area contributed by atoms with Crippen LogP contribution in [0.25, 0.3) is 11.0 Å². The highest BCUT2D eigenvalue weighted by Gasteiger charge is 2.44. The zero-order valence-electron chi connectivity index (χ0n) is 11.7. The predicted octanol–water partition coefficient (Wildman–Crippen LogP) is 1.31. The van der Waals surface area contributed by atoms with Gasteiger partial charge in [0.15, 0.2) is 0 Å². The summed E-state index contributed by atoms with van der Waals surface area (Å²) in [6, 6.07) is 7.13.